The standard InChI is InChI=1S/C21H27N7/c1-14-11-15-5-3-4-6-16(15)28(14)20-18-19(25-26-20)24-17(12-23-18)27-9-7-21(2,13-22)8-10-27/h3-6,12,14H,7-11,13,22H2,1-2H3,(H,24,25,26)/t14-/m1/s1. The topological polar surface area (TPSA) is 87.0 Å². The number of fused-ring (bicyclic) bond motifs is 2. The molecule has 28 heavy (non-hydrogen) atoms. The van der Waals surface area contributed by atoms with Gasteiger partial charge in [-0.1, -0.05) is 25.1 Å². The fourth-order valence-corrected chi connectivity index (χ4v) is 4.47. The summed E-state index contributed by atoms with van der Waals surface area (Å²) in [7, 11) is 0. The molecular weight excluding hydrogens is 350 g/mol. The van der Waals surface area contributed by atoms with Crippen molar-refractivity contribution in [2.75, 3.05) is 29.4 Å². The number of nitrogens with one attached hydrogen (secondary N) is 1. The van der Waals surface area contributed by atoms with Gasteiger partial charge in [-0.3, -0.25) is 5.10 Å². The molecule has 0 saturated carbocycles. The molecule has 3 N–H and O–H groups in total. The quantitative estimate of drug-likeness (QED) is 0.730. The largest absolute Gasteiger partial charge is 0.355 e. The van der Waals surface area contributed by atoms with Crippen LogP contribution in [0, 0.1) is 5.41 Å². The molecule has 0 radical (unpaired) electrons. The fourth-order valence-electron chi connectivity index (χ4n) is 4.47. The van der Waals surface area contributed by atoms with Crippen molar-refractivity contribution in [3.8, 4) is 0 Å². The van der Waals surface area contributed by atoms with Gasteiger partial charge >= 0.3 is 0 Å². The first-order chi connectivity index (χ1) is 13.6. The van der Waals surface area contributed by atoms with E-state index in [2.05, 4.69) is 58.1 Å². The number of hydrogen-bond donors (Lipinski definition) is 2. The van der Waals surface area contributed by atoms with Crippen LogP contribution >= 0.6 is 0 Å². The SMILES string of the molecule is C[C@@H]1Cc2ccccc2N1c1n[nH]c2nc(N3CCC(C)(CN)CC3)cnc12. The second-order valence-corrected chi connectivity index (χ2v) is 8.53. The third kappa shape index (κ3) is 2.73. The van der Waals surface area contributed by atoms with E-state index in [1.54, 1.807) is 0 Å². The number of para-hydroxylation sites is 1. The minimum atomic E-state index is 0.245. The van der Waals surface area contributed by atoms with Gasteiger partial charge in [-0.15, -0.1) is 0 Å². The molecule has 4 heterocycles. The molecule has 5 rings (SSSR count). The first kappa shape index (κ1) is 17.4. The Hall–Kier alpha value is -2.67. The second-order valence-electron chi connectivity index (χ2n) is 8.53. The highest BCUT2D eigenvalue weighted by Crippen LogP contribution is 2.39. The van der Waals surface area contributed by atoms with Crippen molar-refractivity contribution in [3.05, 3.63) is 36.0 Å². The average molecular weight is 377 g/mol. The number of aromatic nitrogens is 4. The zero-order chi connectivity index (χ0) is 19.3. The van der Waals surface area contributed by atoms with Gasteiger partial charge in [0.2, 0.25) is 0 Å². The van der Waals surface area contributed by atoms with E-state index in [0.717, 1.165) is 61.7 Å². The summed E-state index contributed by atoms with van der Waals surface area (Å²) in [6, 6.07) is 8.87. The first-order valence-corrected chi connectivity index (χ1v) is 10.1. The van der Waals surface area contributed by atoms with Crippen molar-refractivity contribution in [1.82, 2.24) is 20.2 Å². The zero-order valence-corrected chi connectivity index (χ0v) is 16.5. The molecule has 2 aromatic heterocycles. The molecule has 2 aliphatic rings. The maximum atomic E-state index is 5.94. The Morgan fingerprint density at radius 3 is 2.82 bits per heavy atom. The Balaban J connectivity index is 1.45. The molecule has 0 amide bonds. The Morgan fingerprint density at radius 1 is 1.25 bits per heavy atom. The van der Waals surface area contributed by atoms with Crippen molar-refractivity contribution < 1.29 is 0 Å². The molecule has 146 valence electrons. The van der Waals surface area contributed by atoms with Gasteiger partial charge in [-0.2, -0.15) is 5.10 Å². The van der Waals surface area contributed by atoms with Crippen LogP contribution in [0.1, 0.15) is 32.3 Å². The molecule has 3 aromatic rings. The van der Waals surface area contributed by atoms with E-state index in [-0.39, 0.29) is 5.41 Å². The third-order valence-corrected chi connectivity index (χ3v) is 6.46. The van der Waals surface area contributed by atoms with E-state index in [4.69, 9.17) is 15.7 Å². The summed E-state index contributed by atoms with van der Waals surface area (Å²) in [5.74, 6) is 1.78. The van der Waals surface area contributed by atoms with Crippen LogP contribution in [0.2, 0.25) is 0 Å². The highest BCUT2D eigenvalue weighted by atomic mass is 15.3. The lowest BCUT2D eigenvalue weighted by Gasteiger charge is -2.39. The lowest BCUT2D eigenvalue weighted by Crippen LogP contribution is -2.42. The summed E-state index contributed by atoms with van der Waals surface area (Å²) >= 11 is 0. The molecule has 1 saturated heterocycles. The predicted molar refractivity (Wildman–Crippen MR) is 112 cm³/mol. The maximum absolute atomic E-state index is 5.94. The molecule has 7 nitrogen and oxygen atoms in total. The maximum Gasteiger partial charge on any atom is 0.183 e. The molecular formula is C21H27N7. The van der Waals surface area contributed by atoms with Gasteiger partial charge in [-0.05, 0) is 49.8 Å². The number of nitrogens with two attached hydrogens (primary N) is 1. The van der Waals surface area contributed by atoms with E-state index in [0.29, 0.717) is 6.04 Å². The van der Waals surface area contributed by atoms with E-state index in [1.807, 2.05) is 6.20 Å². The summed E-state index contributed by atoms with van der Waals surface area (Å²) in [6.45, 7) is 7.17. The zero-order valence-electron chi connectivity index (χ0n) is 16.5. The molecule has 0 unspecified atom stereocenters. The number of nitrogens with zero attached hydrogens (tertiary/aromatic N) is 5. The van der Waals surface area contributed by atoms with Gasteiger partial charge < -0.3 is 15.5 Å². The van der Waals surface area contributed by atoms with Crippen LogP contribution in [0.25, 0.3) is 11.2 Å². The van der Waals surface area contributed by atoms with Gasteiger partial charge in [0.25, 0.3) is 0 Å². The summed E-state index contributed by atoms with van der Waals surface area (Å²) in [5, 5.41) is 7.70. The van der Waals surface area contributed by atoms with Crippen LogP contribution in [0.5, 0.6) is 0 Å². The van der Waals surface area contributed by atoms with Crippen LogP contribution in [-0.4, -0.2) is 45.8 Å². The number of hydrogen-bond acceptors (Lipinski definition) is 6. The molecule has 0 bridgehead atoms. The van der Waals surface area contributed by atoms with E-state index in [1.165, 1.54) is 11.3 Å². The Kier molecular flexibility index (Phi) is 4.01. The van der Waals surface area contributed by atoms with Crippen LogP contribution < -0.4 is 15.5 Å². The molecule has 7 heteroatoms. The van der Waals surface area contributed by atoms with Crippen molar-refractivity contribution >= 4 is 28.5 Å². The predicted octanol–water partition coefficient (Wildman–Crippen LogP) is 3.00. The van der Waals surface area contributed by atoms with Crippen LogP contribution in [0.15, 0.2) is 30.5 Å². The number of piperidine rings is 1. The van der Waals surface area contributed by atoms with E-state index >= 15 is 0 Å². The Morgan fingerprint density at radius 2 is 2.04 bits per heavy atom. The minimum absolute atomic E-state index is 0.245. The van der Waals surface area contributed by atoms with Gasteiger partial charge in [0, 0.05) is 24.8 Å². The molecule has 2 aliphatic heterocycles. The van der Waals surface area contributed by atoms with Crippen LogP contribution in [0.4, 0.5) is 17.3 Å². The smallest absolute Gasteiger partial charge is 0.183 e. The number of anilines is 3. The van der Waals surface area contributed by atoms with Gasteiger partial charge in [-0.25, -0.2) is 9.97 Å². The summed E-state index contributed by atoms with van der Waals surface area (Å²) in [6.07, 6.45) is 5.07. The normalized spacial score (nSPS) is 21.3. The lowest BCUT2D eigenvalue weighted by molar-refractivity contribution is 0.258. The average Bonchev–Trinajstić information content (AvgIpc) is 3.27. The van der Waals surface area contributed by atoms with E-state index < -0.39 is 0 Å². The number of aromatic amines is 1. The molecule has 1 fully saturated rings. The first-order valence-electron chi connectivity index (χ1n) is 10.1. The van der Waals surface area contributed by atoms with Gasteiger partial charge in [0.05, 0.1) is 6.20 Å². The third-order valence-electron chi connectivity index (χ3n) is 6.46. The van der Waals surface area contributed by atoms with Crippen molar-refractivity contribution in [3.63, 3.8) is 0 Å². The second kappa shape index (κ2) is 6.44. The Bertz CT molecular complexity index is 1000. The minimum Gasteiger partial charge on any atom is -0.355 e. The highest BCUT2D eigenvalue weighted by molar-refractivity contribution is 5.88. The Labute approximate surface area is 165 Å². The molecule has 0 aliphatic carbocycles. The highest BCUT2D eigenvalue weighted by Gasteiger charge is 2.32. The van der Waals surface area contributed by atoms with E-state index in [9.17, 15) is 0 Å². The number of H-pyrrole nitrogens is 1. The fraction of sp³-hybridized carbons (Fsp3) is 0.476. The number of rotatable bonds is 3. The lowest BCUT2D eigenvalue weighted by atomic mass is 9.80. The van der Waals surface area contributed by atoms with Gasteiger partial charge in [0.1, 0.15) is 5.82 Å². The van der Waals surface area contributed by atoms with Crippen molar-refractivity contribution in [2.45, 2.75) is 39.2 Å². The number of benzene rings is 1. The van der Waals surface area contributed by atoms with Crippen LogP contribution in [0.3, 0.4) is 0 Å². The summed E-state index contributed by atoms with van der Waals surface area (Å²) in [5.41, 5.74) is 10.3. The monoisotopic (exact) mass is 377 g/mol. The van der Waals surface area contributed by atoms with Crippen molar-refractivity contribution in [2.24, 2.45) is 11.1 Å². The molecule has 1 aromatic carbocycles. The van der Waals surface area contributed by atoms with Gasteiger partial charge in [0.15, 0.2) is 17.0 Å². The van der Waals surface area contributed by atoms with Crippen molar-refractivity contribution in [1.29, 1.82) is 0 Å². The van der Waals surface area contributed by atoms with Crippen LogP contribution in [-0.2, 0) is 6.42 Å². The molecule has 0 spiro atoms. The summed E-state index contributed by atoms with van der Waals surface area (Å²) < 4.78 is 0. The summed E-state index contributed by atoms with van der Waals surface area (Å²) in [4.78, 5) is 14.2. The molecule has 1 atom stereocenters.